The van der Waals surface area contributed by atoms with Crippen molar-refractivity contribution in [3.8, 4) is 0 Å². The molecule has 1 aromatic rings. The van der Waals surface area contributed by atoms with Crippen LogP contribution >= 0.6 is 0 Å². The number of amides is 2. The summed E-state index contributed by atoms with van der Waals surface area (Å²) >= 11 is 0. The summed E-state index contributed by atoms with van der Waals surface area (Å²) in [5.74, 6) is 0.200. The zero-order chi connectivity index (χ0) is 14.5. The zero-order valence-corrected chi connectivity index (χ0v) is 11.7. The van der Waals surface area contributed by atoms with Crippen molar-refractivity contribution in [3.63, 3.8) is 0 Å². The minimum Gasteiger partial charge on any atom is -0.383 e. The highest BCUT2D eigenvalue weighted by Crippen LogP contribution is 2.26. The second kappa shape index (κ2) is 6.49. The van der Waals surface area contributed by atoms with Crippen LogP contribution in [0.4, 0.5) is 4.79 Å². The average Bonchev–Trinajstić information content (AvgIpc) is 2.72. The van der Waals surface area contributed by atoms with Gasteiger partial charge in [0.05, 0.1) is 13.2 Å². The van der Waals surface area contributed by atoms with Gasteiger partial charge in [0.1, 0.15) is 11.9 Å². The Morgan fingerprint density at radius 1 is 1.25 bits per heavy atom. The predicted molar refractivity (Wildman–Crippen MR) is 74.7 cm³/mol. The van der Waals surface area contributed by atoms with E-state index in [-0.39, 0.29) is 17.9 Å². The van der Waals surface area contributed by atoms with Crippen LogP contribution in [0, 0.1) is 5.41 Å². The van der Waals surface area contributed by atoms with Gasteiger partial charge >= 0.3 is 6.03 Å². The molecule has 1 fully saturated rings. The summed E-state index contributed by atoms with van der Waals surface area (Å²) in [7, 11) is 3.24. The van der Waals surface area contributed by atoms with Crippen LogP contribution in [-0.2, 0) is 16.1 Å². The van der Waals surface area contributed by atoms with Crippen molar-refractivity contribution in [2.24, 2.45) is 0 Å². The van der Waals surface area contributed by atoms with Crippen LogP contribution in [0.3, 0.4) is 0 Å². The van der Waals surface area contributed by atoms with Crippen molar-refractivity contribution in [3.05, 3.63) is 35.4 Å². The first-order valence-electron chi connectivity index (χ1n) is 6.40. The third kappa shape index (κ3) is 2.97. The van der Waals surface area contributed by atoms with E-state index in [4.69, 9.17) is 14.9 Å². The lowest BCUT2D eigenvalue weighted by atomic mass is 10.0. The van der Waals surface area contributed by atoms with Crippen LogP contribution in [-0.4, -0.2) is 44.1 Å². The van der Waals surface area contributed by atoms with E-state index >= 15 is 0 Å². The van der Waals surface area contributed by atoms with E-state index in [0.717, 1.165) is 11.1 Å². The number of carbonyl (C=O) groups excluding carboxylic acids is 1. The van der Waals surface area contributed by atoms with Gasteiger partial charge < -0.3 is 14.4 Å². The monoisotopic (exact) mass is 277 g/mol. The van der Waals surface area contributed by atoms with E-state index in [1.807, 2.05) is 24.3 Å². The molecule has 1 saturated heterocycles. The maximum Gasteiger partial charge on any atom is 0.323 e. The molecule has 108 valence electrons. The molecule has 2 rings (SSSR count). The smallest absolute Gasteiger partial charge is 0.323 e. The quantitative estimate of drug-likeness (QED) is 0.828. The maximum absolute atomic E-state index is 11.8. The largest absolute Gasteiger partial charge is 0.383 e. The summed E-state index contributed by atoms with van der Waals surface area (Å²) in [6, 6.07) is 7.13. The molecule has 1 aliphatic rings. The lowest BCUT2D eigenvalue weighted by Gasteiger charge is -2.22. The number of carbonyl (C=O) groups is 1. The topological polar surface area (TPSA) is 74.7 Å². The summed E-state index contributed by atoms with van der Waals surface area (Å²) in [5, 5.41) is 10.5. The third-order valence-electron chi connectivity index (χ3n) is 3.23. The molecule has 1 heterocycles. The van der Waals surface area contributed by atoms with Crippen molar-refractivity contribution in [2.75, 3.05) is 27.4 Å². The highest BCUT2D eigenvalue weighted by Gasteiger charge is 2.36. The second-order valence-corrected chi connectivity index (χ2v) is 4.61. The van der Waals surface area contributed by atoms with Crippen molar-refractivity contribution < 1.29 is 14.3 Å². The lowest BCUT2D eigenvalue weighted by molar-refractivity contribution is 0.151. The number of hydrogen-bond donors (Lipinski definition) is 2. The first-order chi connectivity index (χ1) is 9.67. The summed E-state index contributed by atoms with van der Waals surface area (Å²) in [4.78, 5) is 13.5. The Morgan fingerprint density at radius 2 is 1.95 bits per heavy atom. The highest BCUT2D eigenvalue weighted by atomic mass is 16.5. The average molecular weight is 277 g/mol. The molecule has 6 heteroatoms. The van der Waals surface area contributed by atoms with Gasteiger partial charge in [-0.15, -0.1) is 0 Å². The van der Waals surface area contributed by atoms with Crippen LogP contribution in [0.2, 0.25) is 0 Å². The predicted octanol–water partition coefficient (Wildman–Crippen LogP) is 1.52. The Bertz CT molecular complexity index is 487. The number of benzene rings is 1. The fourth-order valence-corrected chi connectivity index (χ4v) is 2.26. The van der Waals surface area contributed by atoms with Gasteiger partial charge in [0.2, 0.25) is 0 Å². The van der Waals surface area contributed by atoms with Crippen LogP contribution in [0.5, 0.6) is 0 Å². The number of amidine groups is 1. The van der Waals surface area contributed by atoms with Crippen LogP contribution in [0.1, 0.15) is 17.2 Å². The number of nitrogens with zero attached hydrogens (tertiary/aromatic N) is 1. The number of ether oxygens (including phenoxy) is 2. The van der Waals surface area contributed by atoms with Gasteiger partial charge in [0.15, 0.2) is 0 Å². The van der Waals surface area contributed by atoms with E-state index in [2.05, 4.69) is 5.32 Å². The fourth-order valence-electron chi connectivity index (χ4n) is 2.26. The molecule has 2 amide bonds. The number of rotatable bonds is 6. The van der Waals surface area contributed by atoms with E-state index in [0.29, 0.717) is 19.8 Å². The van der Waals surface area contributed by atoms with Crippen molar-refractivity contribution in [1.29, 1.82) is 5.41 Å². The Balaban J connectivity index is 2.19. The molecule has 0 spiro atoms. The summed E-state index contributed by atoms with van der Waals surface area (Å²) in [6.07, 6.45) is 0. The zero-order valence-electron chi connectivity index (χ0n) is 11.7. The van der Waals surface area contributed by atoms with Gasteiger partial charge in [-0.1, -0.05) is 24.3 Å². The maximum atomic E-state index is 11.8. The Kier molecular flexibility index (Phi) is 4.70. The minimum atomic E-state index is -0.366. The Morgan fingerprint density at radius 3 is 2.55 bits per heavy atom. The minimum absolute atomic E-state index is 0.200. The molecule has 20 heavy (non-hydrogen) atoms. The van der Waals surface area contributed by atoms with Crippen molar-refractivity contribution >= 4 is 11.9 Å². The third-order valence-corrected chi connectivity index (χ3v) is 3.23. The molecule has 2 N–H and O–H groups in total. The number of hydrogen-bond acceptors (Lipinski definition) is 4. The lowest BCUT2D eigenvalue weighted by Crippen LogP contribution is -2.32. The molecule has 0 radical (unpaired) electrons. The summed E-state index contributed by atoms with van der Waals surface area (Å²) in [5.41, 5.74) is 1.97. The standard InChI is InChI=1S/C14H19N3O3/c1-19-8-7-17-12(13(15)16-14(17)18)11-5-3-10(4-6-11)9-20-2/h3-6,12H,7-9H2,1-2H3,(H2,15,16,18). The number of nitrogens with one attached hydrogen (secondary N) is 2. The van der Waals surface area contributed by atoms with Crippen molar-refractivity contribution in [2.45, 2.75) is 12.6 Å². The summed E-state index contributed by atoms with van der Waals surface area (Å²) in [6.45, 7) is 1.45. The van der Waals surface area contributed by atoms with Gasteiger partial charge in [-0.2, -0.15) is 0 Å². The Hall–Kier alpha value is -1.92. The normalized spacial score (nSPS) is 18.5. The molecule has 1 aromatic carbocycles. The molecule has 0 bridgehead atoms. The molecule has 0 aliphatic carbocycles. The van der Waals surface area contributed by atoms with Crippen LogP contribution in [0.15, 0.2) is 24.3 Å². The molecular formula is C14H19N3O3. The Labute approximate surface area is 118 Å². The molecule has 0 aromatic heterocycles. The van der Waals surface area contributed by atoms with Gasteiger partial charge in [-0.25, -0.2) is 4.79 Å². The molecule has 1 atom stereocenters. The van der Waals surface area contributed by atoms with Crippen molar-refractivity contribution in [1.82, 2.24) is 10.2 Å². The van der Waals surface area contributed by atoms with Gasteiger partial charge in [0, 0.05) is 20.8 Å². The van der Waals surface area contributed by atoms with E-state index in [1.54, 1.807) is 19.1 Å². The second-order valence-electron chi connectivity index (χ2n) is 4.61. The molecule has 1 unspecified atom stereocenters. The first kappa shape index (κ1) is 14.5. The van der Waals surface area contributed by atoms with E-state index in [1.165, 1.54) is 0 Å². The fraction of sp³-hybridized carbons (Fsp3) is 0.429. The SMILES string of the molecule is COCCN1C(=O)NC(=N)C1c1ccc(COC)cc1. The molecule has 1 aliphatic heterocycles. The van der Waals surface area contributed by atoms with Gasteiger partial charge in [-0.05, 0) is 11.1 Å². The highest BCUT2D eigenvalue weighted by molar-refractivity contribution is 6.06. The number of urea groups is 1. The van der Waals surface area contributed by atoms with E-state index in [9.17, 15) is 4.79 Å². The molecule has 0 saturated carbocycles. The van der Waals surface area contributed by atoms with E-state index < -0.39 is 0 Å². The van der Waals surface area contributed by atoms with Gasteiger partial charge in [0.25, 0.3) is 0 Å². The summed E-state index contributed by atoms with van der Waals surface area (Å²) < 4.78 is 10.1. The number of methoxy groups -OCH3 is 2. The van der Waals surface area contributed by atoms with Gasteiger partial charge in [-0.3, -0.25) is 10.7 Å². The van der Waals surface area contributed by atoms with Crippen LogP contribution in [0.25, 0.3) is 0 Å². The molecule has 6 nitrogen and oxygen atoms in total. The molecular weight excluding hydrogens is 258 g/mol. The van der Waals surface area contributed by atoms with Crippen LogP contribution < -0.4 is 5.32 Å². The first-order valence-corrected chi connectivity index (χ1v) is 6.40.